The van der Waals surface area contributed by atoms with Gasteiger partial charge in [0, 0.05) is 5.38 Å². The zero-order valence-corrected chi connectivity index (χ0v) is 10.6. The molecule has 1 fully saturated rings. The molecule has 6 nitrogen and oxygen atoms in total. The average Bonchev–Trinajstić information content (AvgIpc) is 3.02. The van der Waals surface area contributed by atoms with Crippen LogP contribution in [-0.2, 0) is 11.3 Å². The van der Waals surface area contributed by atoms with Crippen molar-refractivity contribution in [1.29, 1.82) is 0 Å². The van der Waals surface area contributed by atoms with Crippen molar-refractivity contribution in [3.63, 3.8) is 0 Å². The molecule has 0 spiro atoms. The number of carboxylic acids is 1. The lowest BCUT2D eigenvalue weighted by Crippen LogP contribution is -2.34. The molecule has 0 bridgehead atoms. The van der Waals surface area contributed by atoms with Gasteiger partial charge in [-0.2, -0.15) is 0 Å². The van der Waals surface area contributed by atoms with Gasteiger partial charge in [-0.25, -0.2) is 9.78 Å². The molecule has 0 radical (unpaired) electrons. The Morgan fingerprint density at radius 3 is 2.89 bits per heavy atom. The van der Waals surface area contributed by atoms with Crippen LogP contribution in [0.3, 0.4) is 0 Å². The molecular formula is C11H15N3O3S. The standard InChI is InChI=1S/C11H15N3O3S/c15-9(4-12-3-7-1-2-7)13-5-10-14-8(6-18-10)11(16)17/h6-7,12H,1-5H2,(H,13,15)(H,16,17). The zero-order chi connectivity index (χ0) is 13.0. The van der Waals surface area contributed by atoms with Crippen LogP contribution in [-0.4, -0.2) is 35.1 Å². The number of carbonyl (C=O) groups excluding carboxylic acids is 1. The first-order valence-corrected chi connectivity index (χ1v) is 6.68. The number of rotatable bonds is 7. The quantitative estimate of drug-likeness (QED) is 0.669. The van der Waals surface area contributed by atoms with Crippen LogP contribution in [0.2, 0.25) is 0 Å². The van der Waals surface area contributed by atoms with E-state index in [0.29, 0.717) is 11.6 Å². The summed E-state index contributed by atoms with van der Waals surface area (Å²) in [7, 11) is 0. The Balaban J connectivity index is 1.65. The highest BCUT2D eigenvalue weighted by molar-refractivity contribution is 7.09. The van der Waals surface area contributed by atoms with E-state index in [-0.39, 0.29) is 18.1 Å². The van der Waals surface area contributed by atoms with E-state index < -0.39 is 5.97 Å². The van der Waals surface area contributed by atoms with Gasteiger partial charge in [0.05, 0.1) is 13.1 Å². The Kier molecular flexibility index (Phi) is 4.27. The molecule has 1 heterocycles. The molecular weight excluding hydrogens is 254 g/mol. The maximum atomic E-state index is 11.4. The lowest BCUT2D eigenvalue weighted by atomic mass is 10.4. The number of hydrogen-bond acceptors (Lipinski definition) is 5. The molecule has 1 aliphatic carbocycles. The van der Waals surface area contributed by atoms with E-state index in [1.54, 1.807) is 0 Å². The number of aromatic carboxylic acids is 1. The lowest BCUT2D eigenvalue weighted by molar-refractivity contribution is -0.120. The van der Waals surface area contributed by atoms with Crippen LogP contribution in [0.25, 0.3) is 0 Å². The molecule has 1 aromatic heterocycles. The van der Waals surface area contributed by atoms with Gasteiger partial charge in [0.1, 0.15) is 5.01 Å². The molecule has 0 saturated heterocycles. The van der Waals surface area contributed by atoms with Gasteiger partial charge in [-0.3, -0.25) is 4.79 Å². The van der Waals surface area contributed by atoms with Crippen molar-refractivity contribution in [2.45, 2.75) is 19.4 Å². The fourth-order valence-corrected chi connectivity index (χ4v) is 2.15. The van der Waals surface area contributed by atoms with Gasteiger partial charge in [-0.1, -0.05) is 0 Å². The second-order valence-corrected chi connectivity index (χ2v) is 5.23. The molecule has 0 unspecified atom stereocenters. The zero-order valence-electron chi connectivity index (χ0n) is 9.81. The Bertz CT molecular complexity index is 442. The summed E-state index contributed by atoms with van der Waals surface area (Å²) in [5, 5.41) is 16.5. The van der Waals surface area contributed by atoms with Gasteiger partial charge in [0.15, 0.2) is 5.69 Å². The van der Waals surface area contributed by atoms with Crippen molar-refractivity contribution in [1.82, 2.24) is 15.6 Å². The van der Waals surface area contributed by atoms with Crippen LogP contribution in [0, 0.1) is 5.92 Å². The third kappa shape index (κ3) is 4.08. The largest absolute Gasteiger partial charge is 0.476 e. The summed E-state index contributed by atoms with van der Waals surface area (Å²) >= 11 is 1.23. The first kappa shape index (κ1) is 13.0. The number of thiazole rings is 1. The number of carboxylic acid groups (broad SMARTS) is 1. The van der Waals surface area contributed by atoms with Crippen molar-refractivity contribution in [3.8, 4) is 0 Å². The average molecular weight is 269 g/mol. The minimum atomic E-state index is -1.05. The van der Waals surface area contributed by atoms with Crippen LogP contribution >= 0.6 is 11.3 Å². The van der Waals surface area contributed by atoms with Gasteiger partial charge in [0.2, 0.25) is 5.91 Å². The van der Waals surface area contributed by atoms with E-state index in [9.17, 15) is 9.59 Å². The second-order valence-electron chi connectivity index (χ2n) is 4.28. The van der Waals surface area contributed by atoms with E-state index in [1.807, 2.05) is 0 Å². The molecule has 0 atom stereocenters. The molecule has 1 aliphatic rings. The third-order valence-corrected chi connectivity index (χ3v) is 3.47. The maximum absolute atomic E-state index is 11.4. The van der Waals surface area contributed by atoms with E-state index in [0.717, 1.165) is 12.5 Å². The normalized spacial score (nSPS) is 14.4. The Morgan fingerprint density at radius 2 is 2.28 bits per heavy atom. The van der Waals surface area contributed by atoms with Crippen molar-refractivity contribution >= 4 is 23.2 Å². The Morgan fingerprint density at radius 1 is 1.50 bits per heavy atom. The van der Waals surface area contributed by atoms with Crippen LogP contribution in [0.4, 0.5) is 0 Å². The van der Waals surface area contributed by atoms with Gasteiger partial charge < -0.3 is 15.7 Å². The predicted octanol–water partition coefficient (Wildman–Crippen LogP) is 0.457. The van der Waals surface area contributed by atoms with Gasteiger partial charge in [-0.15, -0.1) is 11.3 Å². The smallest absolute Gasteiger partial charge is 0.355 e. The molecule has 1 aromatic rings. The highest BCUT2D eigenvalue weighted by atomic mass is 32.1. The summed E-state index contributed by atoms with van der Waals surface area (Å²) < 4.78 is 0. The lowest BCUT2D eigenvalue weighted by Gasteiger charge is -2.04. The highest BCUT2D eigenvalue weighted by Gasteiger charge is 2.20. The van der Waals surface area contributed by atoms with Crippen LogP contribution in [0.1, 0.15) is 28.3 Å². The molecule has 7 heteroatoms. The number of amides is 1. The first-order valence-electron chi connectivity index (χ1n) is 5.80. The van der Waals surface area contributed by atoms with E-state index in [4.69, 9.17) is 5.11 Å². The third-order valence-electron chi connectivity index (χ3n) is 2.62. The number of hydrogen-bond donors (Lipinski definition) is 3. The summed E-state index contributed by atoms with van der Waals surface area (Å²) in [6.07, 6.45) is 2.51. The first-order chi connectivity index (χ1) is 8.65. The summed E-state index contributed by atoms with van der Waals surface area (Å²) in [6.45, 7) is 1.48. The van der Waals surface area contributed by atoms with Crippen molar-refractivity contribution < 1.29 is 14.7 Å². The molecule has 18 heavy (non-hydrogen) atoms. The van der Waals surface area contributed by atoms with E-state index in [2.05, 4.69) is 15.6 Å². The minimum absolute atomic E-state index is 0.0242. The maximum Gasteiger partial charge on any atom is 0.355 e. The van der Waals surface area contributed by atoms with Crippen LogP contribution in [0.15, 0.2) is 5.38 Å². The van der Waals surface area contributed by atoms with Crippen molar-refractivity contribution in [2.75, 3.05) is 13.1 Å². The van der Waals surface area contributed by atoms with Crippen LogP contribution in [0.5, 0.6) is 0 Å². The topological polar surface area (TPSA) is 91.3 Å². The minimum Gasteiger partial charge on any atom is -0.476 e. The molecule has 3 N–H and O–H groups in total. The second kappa shape index (κ2) is 5.92. The van der Waals surface area contributed by atoms with Gasteiger partial charge in [-0.05, 0) is 25.3 Å². The fraction of sp³-hybridized carbons (Fsp3) is 0.545. The van der Waals surface area contributed by atoms with Crippen molar-refractivity contribution in [3.05, 3.63) is 16.1 Å². The SMILES string of the molecule is O=C(CNCC1CC1)NCc1nc(C(=O)O)cs1. The Labute approximate surface area is 108 Å². The summed E-state index contributed by atoms with van der Waals surface area (Å²) in [5.41, 5.74) is 0.0242. The van der Waals surface area contributed by atoms with Crippen LogP contribution < -0.4 is 10.6 Å². The number of nitrogens with zero attached hydrogens (tertiary/aromatic N) is 1. The summed E-state index contributed by atoms with van der Waals surface area (Å²) in [5.74, 6) is -0.396. The molecule has 2 rings (SSSR count). The molecule has 98 valence electrons. The fourth-order valence-electron chi connectivity index (χ4n) is 1.44. The monoisotopic (exact) mass is 269 g/mol. The number of nitrogens with one attached hydrogen (secondary N) is 2. The van der Waals surface area contributed by atoms with Gasteiger partial charge in [0.25, 0.3) is 0 Å². The predicted molar refractivity (Wildman–Crippen MR) is 66.5 cm³/mol. The highest BCUT2D eigenvalue weighted by Crippen LogP contribution is 2.27. The molecule has 0 aliphatic heterocycles. The number of carbonyl (C=O) groups is 2. The molecule has 0 aromatic carbocycles. The van der Waals surface area contributed by atoms with E-state index >= 15 is 0 Å². The van der Waals surface area contributed by atoms with E-state index in [1.165, 1.54) is 29.6 Å². The molecule has 1 amide bonds. The van der Waals surface area contributed by atoms with Crippen molar-refractivity contribution in [2.24, 2.45) is 5.92 Å². The van der Waals surface area contributed by atoms with Gasteiger partial charge >= 0.3 is 5.97 Å². The number of aromatic nitrogens is 1. The Hall–Kier alpha value is -1.47. The summed E-state index contributed by atoms with van der Waals surface area (Å²) in [6, 6.07) is 0. The molecule has 1 saturated carbocycles. The summed E-state index contributed by atoms with van der Waals surface area (Å²) in [4.78, 5) is 25.9.